The van der Waals surface area contributed by atoms with Crippen molar-refractivity contribution in [3.05, 3.63) is 89.5 Å². The van der Waals surface area contributed by atoms with Gasteiger partial charge in [-0.2, -0.15) is 0 Å². The SMILES string of the molecule is Cc1ccc(C2(O)c3ccccc3CC2n2ccnc2)cc1. The highest BCUT2D eigenvalue weighted by Gasteiger charge is 2.47. The summed E-state index contributed by atoms with van der Waals surface area (Å²) in [5, 5.41) is 11.7. The van der Waals surface area contributed by atoms with Gasteiger partial charge in [-0.25, -0.2) is 4.98 Å². The van der Waals surface area contributed by atoms with Crippen LogP contribution in [0.3, 0.4) is 0 Å². The van der Waals surface area contributed by atoms with Gasteiger partial charge in [0.25, 0.3) is 0 Å². The molecule has 0 spiro atoms. The zero-order chi connectivity index (χ0) is 15.2. The first-order valence-corrected chi connectivity index (χ1v) is 7.55. The van der Waals surface area contributed by atoms with Crippen LogP contribution in [0, 0.1) is 6.92 Å². The number of rotatable bonds is 2. The van der Waals surface area contributed by atoms with Crippen molar-refractivity contribution >= 4 is 0 Å². The summed E-state index contributed by atoms with van der Waals surface area (Å²) in [6.45, 7) is 2.06. The van der Waals surface area contributed by atoms with Gasteiger partial charge in [0.05, 0.1) is 12.4 Å². The van der Waals surface area contributed by atoms with Crippen molar-refractivity contribution < 1.29 is 5.11 Å². The van der Waals surface area contributed by atoms with Gasteiger partial charge < -0.3 is 9.67 Å². The number of imidazole rings is 1. The van der Waals surface area contributed by atoms with Crippen molar-refractivity contribution in [1.82, 2.24) is 9.55 Å². The Bertz CT molecular complexity index is 793. The molecule has 22 heavy (non-hydrogen) atoms. The topological polar surface area (TPSA) is 38.0 Å². The molecule has 1 aromatic heterocycles. The average molecular weight is 290 g/mol. The van der Waals surface area contributed by atoms with E-state index in [1.165, 1.54) is 11.1 Å². The van der Waals surface area contributed by atoms with Gasteiger partial charge in [0.2, 0.25) is 0 Å². The number of fused-ring (bicyclic) bond motifs is 1. The Kier molecular flexibility index (Phi) is 2.91. The lowest BCUT2D eigenvalue weighted by atomic mass is 9.84. The maximum absolute atomic E-state index is 11.7. The molecule has 2 aromatic carbocycles. The standard InChI is InChI=1S/C19H18N2O/c1-14-6-8-16(9-7-14)19(22)17-5-3-2-4-15(17)12-18(19)21-11-10-20-13-21/h2-11,13,18,22H,12H2,1H3. The molecule has 1 aliphatic rings. The molecular weight excluding hydrogens is 272 g/mol. The molecule has 1 N–H and O–H groups in total. The lowest BCUT2D eigenvalue weighted by Gasteiger charge is -2.32. The third-order valence-corrected chi connectivity index (χ3v) is 4.70. The van der Waals surface area contributed by atoms with Crippen molar-refractivity contribution in [3.8, 4) is 0 Å². The minimum atomic E-state index is -1.02. The van der Waals surface area contributed by atoms with Crippen LogP contribution in [0.2, 0.25) is 0 Å². The fraction of sp³-hybridized carbons (Fsp3) is 0.211. The van der Waals surface area contributed by atoms with Crippen LogP contribution < -0.4 is 0 Å². The summed E-state index contributed by atoms with van der Waals surface area (Å²) in [4.78, 5) is 4.15. The fourth-order valence-corrected chi connectivity index (χ4v) is 3.54. The van der Waals surface area contributed by atoms with Crippen LogP contribution in [-0.4, -0.2) is 14.7 Å². The van der Waals surface area contributed by atoms with Gasteiger partial charge in [0.1, 0.15) is 5.60 Å². The maximum Gasteiger partial charge on any atom is 0.136 e. The van der Waals surface area contributed by atoms with Gasteiger partial charge in [-0.15, -0.1) is 0 Å². The Labute approximate surface area is 129 Å². The third kappa shape index (κ3) is 1.82. The van der Waals surface area contributed by atoms with Crippen LogP contribution in [0.15, 0.2) is 67.3 Å². The Balaban J connectivity index is 1.93. The molecule has 0 bridgehead atoms. The van der Waals surface area contributed by atoms with Gasteiger partial charge in [-0.05, 0) is 30.0 Å². The van der Waals surface area contributed by atoms with Crippen molar-refractivity contribution in [2.45, 2.75) is 25.0 Å². The summed E-state index contributed by atoms with van der Waals surface area (Å²) in [5.74, 6) is 0. The molecule has 0 fully saturated rings. The van der Waals surface area contributed by atoms with Crippen LogP contribution >= 0.6 is 0 Å². The van der Waals surface area contributed by atoms with E-state index in [1.54, 1.807) is 12.5 Å². The summed E-state index contributed by atoms with van der Waals surface area (Å²) in [7, 11) is 0. The summed E-state index contributed by atoms with van der Waals surface area (Å²) >= 11 is 0. The van der Waals surface area contributed by atoms with Crippen LogP contribution in [0.1, 0.15) is 28.3 Å². The minimum Gasteiger partial charge on any atom is -0.378 e. The number of benzene rings is 2. The zero-order valence-electron chi connectivity index (χ0n) is 12.5. The van der Waals surface area contributed by atoms with E-state index < -0.39 is 5.60 Å². The highest BCUT2D eigenvalue weighted by atomic mass is 16.3. The summed E-state index contributed by atoms with van der Waals surface area (Å²) in [6.07, 6.45) is 6.28. The van der Waals surface area contributed by atoms with Crippen LogP contribution in [-0.2, 0) is 12.0 Å². The Morgan fingerprint density at radius 2 is 1.91 bits per heavy atom. The average Bonchev–Trinajstić information content (AvgIpc) is 3.15. The monoisotopic (exact) mass is 290 g/mol. The predicted octanol–water partition coefficient (Wildman–Crippen LogP) is 3.22. The van der Waals surface area contributed by atoms with Crippen molar-refractivity contribution in [2.24, 2.45) is 0 Å². The molecule has 0 radical (unpaired) electrons. The number of aryl methyl sites for hydroxylation is 1. The molecule has 0 saturated carbocycles. The quantitative estimate of drug-likeness (QED) is 0.787. The number of aliphatic hydroxyl groups is 1. The van der Waals surface area contributed by atoms with Gasteiger partial charge in [-0.1, -0.05) is 54.1 Å². The predicted molar refractivity (Wildman–Crippen MR) is 85.6 cm³/mol. The van der Waals surface area contributed by atoms with Crippen molar-refractivity contribution in [3.63, 3.8) is 0 Å². The van der Waals surface area contributed by atoms with Crippen LogP contribution in [0.4, 0.5) is 0 Å². The van der Waals surface area contributed by atoms with E-state index in [-0.39, 0.29) is 6.04 Å². The van der Waals surface area contributed by atoms with E-state index in [4.69, 9.17) is 0 Å². The second-order valence-electron chi connectivity index (χ2n) is 6.02. The summed E-state index contributed by atoms with van der Waals surface area (Å²) in [6, 6.07) is 16.3. The highest BCUT2D eigenvalue weighted by molar-refractivity contribution is 5.47. The molecule has 2 atom stereocenters. The molecule has 1 aliphatic carbocycles. The van der Waals surface area contributed by atoms with Gasteiger partial charge in [0.15, 0.2) is 0 Å². The zero-order valence-corrected chi connectivity index (χ0v) is 12.5. The normalized spacial score (nSPS) is 23.5. The molecule has 110 valence electrons. The van der Waals surface area contributed by atoms with E-state index in [0.717, 1.165) is 17.5 Å². The smallest absolute Gasteiger partial charge is 0.136 e. The van der Waals surface area contributed by atoms with E-state index in [0.29, 0.717) is 0 Å². The van der Waals surface area contributed by atoms with Crippen LogP contribution in [0.25, 0.3) is 0 Å². The first kappa shape index (κ1) is 13.3. The lowest BCUT2D eigenvalue weighted by molar-refractivity contribution is 0.0355. The second-order valence-corrected chi connectivity index (χ2v) is 6.02. The van der Waals surface area contributed by atoms with Crippen molar-refractivity contribution in [2.75, 3.05) is 0 Å². The van der Waals surface area contributed by atoms with E-state index in [2.05, 4.69) is 30.1 Å². The number of hydrogen-bond donors (Lipinski definition) is 1. The first-order valence-electron chi connectivity index (χ1n) is 7.55. The summed E-state index contributed by atoms with van der Waals surface area (Å²) in [5.41, 5.74) is 3.30. The van der Waals surface area contributed by atoms with Crippen LogP contribution in [0.5, 0.6) is 0 Å². The fourth-order valence-electron chi connectivity index (χ4n) is 3.54. The molecular formula is C19H18N2O. The van der Waals surface area contributed by atoms with Gasteiger partial charge >= 0.3 is 0 Å². The molecule has 0 amide bonds. The van der Waals surface area contributed by atoms with E-state index in [1.807, 2.05) is 41.1 Å². The largest absolute Gasteiger partial charge is 0.378 e. The number of hydrogen-bond acceptors (Lipinski definition) is 2. The molecule has 0 saturated heterocycles. The molecule has 0 aliphatic heterocycles. The molecule has 3 aromatic rings. The number of nitrogens with zero attached hydrogens (tertiary/aromatic N) is 2. The van der Waals surface area contributed by atoms with Gasteiger partial charge in [-0.3, -0.25) is 0 Å². The third-order valence-electron chi connectivity index (χ3n) is 4.70. The molecule has 4 rings (SSSR count). The Morgan fingerprint density at radius 1 is 1.14 bits per heavy atom. The molecule has 3 heteroatoms. The Hall–Kier alpha value is -2.39. The maximum atomic E-state index is 11.7. The Morgan fingerprint density at radius 3 is 2.64 bits per heavy atom. The molecule has 2 unspecified atom stereocenters. The number of aromatic nitrogens is 2. The van der Waals surface area contributed by atoms with E-state index >= 15 is 0 Å². The first-order chi connectivity index (χ1) is 10.7. The second kappa shape index (κ2) is 4.82. The minimum absolute atomic E-state index is 0.0740. The summed E-state index contributed by atoms with van der Waals surface area (Å²) < 4.78 is 2.01. The molecule has 1 heterocycles. The lowest BCUT2D eigenvalue weighted by Crippen LogP contribution is -2.34. The van der Waals surface area contributed by atoms with Crippen molar-refractivity contribution in [1.29, 1.82) is 0 Å². The highest BCUT2D eigenvalue weighted by Crippen LogP contribution is 2.48. The van der Waals surface area contributed by atoms with E-state index in [9.17, 15) is 5.11 Å². The van der Waals surface area contributed by atoms with Gasteiger partial charge in [0, 0.05) is 12.4 Å². The molecule has 3 nitrogen and oxygen atoms in total.